The fourth-order valence-electron chi connectivity index (χ4n) is 2.00. The lowest BCUT2D eigenvalue weighted by atomic mass is 9.67. The van der Waals surface area contributed by atoms with E-state index in [2.05, 4.69) is 36.5 Å². The topological polar surface area (TPSA) is 62.4 Å². The van der Waals surface area contributed by atoms with E-state index in [1.165, 1.54) is 25.7 Å². The van der Waals surface area contributed by atoms with Crippen LogP contribution in [0.15, 0.2) is 4.99 Å². The molecule has 0 bridgehead atoms. The summed E-state index contributed by atoms with van der Waals surface area (Å²) < 4.78 is 0. The first-order valence-corrected chi connectivity index (χ1v) is 6.37. The molecule has 0 aliphatic heterocycles. The van der Waals surface area contributed by atoms with Crippen LogP contribution in [-0.2, 0) is 0 Å². The molecule has 0 saturated heterocycles. The van der Waals surface area contributed by atoms with Crippen LogP contribution in [0.5, 0.6) is 0 Å². The quantitative estimate of drug-likeness (QED) is 0.289. The van der Waals surface area contributed by atoms with Crippen LogP contribution in [0.25, 0.3) is 0 Å². The van der Waals surface area contributed by atoms with Gasteiger partial charge in [0, 0.05) is 13.1 Å². The Labute approximate surface area is 99.1 Å². The van der Waals surface area contributed by atoms with Crippen molar-refractivity contribution in [2.75, 3.05) is 13.1 Å². The third-order valence-corrected chi connectivity index (χ3v) is 3.55. The molecule has 4 N–H and O–H groups in total. The Morgan fingerprint density at radius 1 is 1.44 bits per heavy atom. The van der Waals surface area contributed by atoms with Crippen molar-refractivity contribution >= 4 is 5.96 Å². The SMILES string of the molecule is CCC1(CN=C(NN)NCC(C)C)CCC1. The van der Waals surface area contributed by atoms with Gasteiger partial charge in [0.25, 0.3) is 0 Å². The van der Waals surface area contributed by atoms with E-state index < -0.39 is 0 Å². The number of rotatable bonds is 5. The number of nitrogens with zero attached hydrogens (tertiary/aromatic N) is 1. The van der Waals surface area contributed by atoms with E-state index in [-0.39, 0.29) is 0 Å². The second kappa shape index (κ2) is 6.09. The monoisotopic (exact) mass is 226 g/mol. The van der Waals surface area contributed by atoms with Crippen molar-refractivity contribution in [3.63, 3.8) is 0 Å². The molecular weight excluding hydrogens is 200 g/mol. The first kappa shape index (κ1) is 13.3. The van der Waals surface area contributed by atoms with Crippen molar-refractivity contribution in [3.8, 4) is 0 Å². The van der Waals surface area contributed by atoms with Crippen LogP contribution in [0.1, 0.15) is 46.5 Å². The second-order valence-electron chi connectivity index (χ2n) is 5.29. The molecule has 0 atom stereocenters. The molecule has 16 heavy (non-hydrogen) atoms. The summed E-state index contributed by atoms with van der Waals surface area (Å²) in [5.41, 5.74) is 3.10. The molecule has 1 aliphatic rings. The average Bonchev–Trinajstić information content (AvgIpc) is 2.21. The van der Waals surface area contributed by atoms with Crippen molar-refractivity contribution in [2.24, 2.45) is 22.2 Å². The van der Waals surface area contributed by atoms with E-state index >= 15 is 0 Å². The summed E-state index contributed by atoms with van der Waals surface area (Å²) in [6.45, 7) is 8.39. The summed E-state index contributed by atoms with van der Waals surface area (Å²) in [7, 11) is 0. The Morgan fingerprint density at radius 3 is 2.50 bits per heavy atom. The highest BCUT2D eigenvalue weighted by Crippen LogP contribution is 2.43. The number of nitrogens with one attached hydrogen (secondary N) is 2. The summed E-state index contributed by atoms with van der Waals surface area (Å²) in [5, 5.41) is 3.23. The van der Waals surface area contributed by atoms with Gasteiger partial charge < -0.3 is 5.32 Å². The smallest absolute Gasteiger partial charge is 0.205 e. The number of aliphatic imine (C=N–C) groups is 1. The largest absolute Gasteiger partial charge is 0.355 e. The molecule has 0 heterocycles. The third kappa shape index (κ3) is 3.67. The first-order chi connectivity index (χ1) is 7.62. The van der Waals surface area contributed by atoms with Gasteiger partial charge in [-0.3, -0.25) is 10.4 Å². The minimum Gasteiger partial charge on any atom is -0.355 e. The lowest BCUT2D eigenvalue weighted by Gasteiger charge is -2.40. The maximum atomic E-state index is 5.45. The van der Waals surface area contributed by atoms with Gasteiger partial charge in [0.15, 0.2) is 0 Å². The van der Waals surface area contributed by atoms with Gasteiger partial charge >= 0.3 is 0 Å². The van der Waals surface area contributed by atoms with E-state index in [1.54, 1.807) is 0 Å². The molecule has 0 radical (unpaired) electrons. The molecule has 1 saturated carbocycles. The van der Waals surface area contributed by atoms with Gasteiger partial charge in [0.2, 0.25) is 5.96 Å². The van der Waals surface area contributed by atoms with Crippen molar-refractivity contribution in [3.05, 3.63) is 0 Å². The van der Waals surface area contributed by atoms with Gasteiger partial charge in [0.05, 0.1) is 0 Å². The molecule has 4 heteroatoms. The van der Waals surface area contributed by atoms with Gasteiger partial charge in [-0.25, -0.2) is 5.84 Å². The predicted octanol–water partition coefficient (Wildman–Crippen LogP) is 1.63. The molecule has 1 fully saturated rings. The fourth-order valence-corrected chi connectivity index (χ4v) is 2.00. The maximum Gasteiger partial charge on any atom is 0.205 e. The van der Waals surface area contributed by atoms with Crippen molar-refractivity contribution < 1.29 is 0 Å². The van der Waals surface area contributed by atoms with Crippen LogP contribution in [0, 0.1) is 11.3 Å². The Hall–Kier alpha value is -0.770. The van der Waals surface area contributed by atoms with E-state index in [9.17, 15) is 0 Å². The number of guanidine groups is 1. The Balaban J connectivity index is 2.39. The first-order valence-electron chi connectivity index (χ1n) is 6.37. The van der Waals surface area contributed by atoms with Crippen LogP contribution in [0.2, 0.25) is 0 Å². The van der Waals surface area contributed by atoms with Crippen LogP contribution in [-0.4, -0.2) is 19.0 Å². The van der Waals surface area contributed by atoms with Crippen LogP contribution in [0.4, 0.5) is 0 Å². The number of nitrogens with two attached hydrogens (primary N) is 1. The van der Waals surface area contributed by atoms with Crippen LogP contribution < -0.4 is 16.6 Å². The van der Waals surface area contributed by atoms with Crippen LogP contribution >= 0.6 is 0 Å². The average molecular weight is 226 g/mol. The molecule has 0 aromatic heterocycles. The molecule has 0 amide bonds. The minimum atomic E-state index is 0.460. The third-order valence-electron chi connectivity index (χ3n) is 3.55. The van der Waals surface area contributed by atoms with Gasteiger partial charge in [-0.15, -0.1) is 0 Å². The lowest BCUT2D eigenvalue weighted by Crippen LogP contribution is -2.44. The molecule has 1 aliphatic carbocycles. The maximum absolute atomic E-state index is 5.45. The van der Waals surface area contributed by atoms with Gasteiger partial charge in [-0.1, -0.05) is 27.2 Å². The Kier molecular flexibility index (Phi) is 5.06. The van der Waals surface area contributed by atoms with E-state index in [4.69, 9.17) is 5.84 Å². The molecular formula is C12H26N4. The molecule has 0 spiro atoms. The van der Waals surface area contributed by atoms with Gasteiger partial charge in [-0.2, -0.15) is 0 Å². The van der Waals surface area contributed by atoms with Crippen molar-refractivity contribution in [2.45, 2.75) is 46.5 Å². The molecule has 0 unspecified atom stereocenters. The summed E-state index contributed by atoms with van der Waals surface area (Å²) in [6.07, 6.45) is 5.21. The number of hydrogen-bond acceptors (Lipinski definition) is 2. The standard InChI is InChI=1S/C12H26N4/c1-4-12(6-5-7-12)9-15-11(16-13)14-8-10(2)3/h10H,4-9,13H2,1-3H3,(H2,14,15,16). The fraction of sp³-hybridized carbons (Fsp3) is 0.917. The highest BCUT2D eigenvalue weighted by molar-refractivity contribution is 5.79. The van der Waals surface area contributed by atoms with E-state index in [0.29, 0.717) is 11.3 Å². The molecule has 4 nitrogen and oxygen atoms in total. The van der Waals surface area contributed by atoms with Crippen molar-refractivity contribution in [1.29, 1.82) is 0 Å². The van der Waals surface area contributed by atoms with Gasteiger partial charge in [-0.05, 0) is 30.6 Å². The van der Waals surface area contributed by atoms with E-state index in [1.807, 2.05) is 0 Å². The zero-order chi connectivity index (χ0) is 12.0. The van der Waals surface area contributed by atoms with Gasteiger partial charge in [0.1, 0.15) is 0 Å². The zero-order valence-electron chi connectivity index (χ0n) is 10.8. The molecule has 0 aromatic rings. The predicted molar refractivity (Wildman–Crippen MR) is 69.0 cm³/mol. The second-order valence-corrected chi connectivity index (χ2v) is 5.29. The molecule has 0 aromatic carbocycles. The Bertz CT molecular complexity index is 226. The summed E-state index contributed by atoms with van der Waals surface area (Å²) in [4.78, 5) is 4.55. The summed E-state index contributed by atoms with van der Waals surface area (Å²) >= 11 is 0. The lowest BCUT2D eigenvalue weighted by molar-refractivity contribution is 0.139. The number of hydrogen-bond donors (Lipinski definition) is 3. The Morgan fingerprint density at radius 2 is 2.12 bits per heavy atom. The molecule has 94 valence electrons. The minimum absolute atomic E-state index is 0.460. The molecule has 1 rings (SSSR count). The van der Waals surface area contributed by atoms with Crippen molar-refractivity contribution in [1.82, 2.24) is 10.7 Å². The highest BCUT2D eigenvalue weighted by Gasteiger charge is 2.34. The normalized spacial score (nSPS) is 19.4. The number of hydrazine groups is 1. The summed E-state index contributed by atoms with van der Waals surface area (Å²) in [5.74, 6) is 6.78. The summed E-state index contributed by atoms with van der Waals surface area (Å²) in [6, 6.07) is 0. The zero-order valence-corrected chi connectivity index (χ0v) is 10.8. The van der Waals surface area contributed by atoms with Crippen LogP contribution in [0.3, 0.4) is 0 Å². The highest BCUT2D eigenvalue weighted by atomic mass is 15.3. The van der Waals surface area contributed by atoms with E-state index in [0.717, 1.165) is 19.0 Å².